The van der Waals surface area contributed by atoms with E-state index in [0.29, 0.717) is 5.56 Å². The third-order valence-corrected chi connectivity index (χ3v) is 4.09. The van der Waals surface area contributed by atoms with E-state index < -0.39 is 5.54 Å². The number of carbonyl (C=O) groups excluding carboxylic acids is 2. The number of nitrogens with zero attached hydrogens (tertiary/aromatic N) is 1. The van der Waals surface area contributed by atoms with Crippen LogP contribution in [0.15, 0.2) is 10.5 Å². The second kappa shape index (κ2) is 5.42. The van der Waals surface area contributed by atoms with Gasteiger partial charge < -0.3 is 19.6 Å². The minimum atomic E-state index is -0.951. The van der Waals surface area contributed by atoms with Crippen molar-refractivity contribution in [1.29, 1.82) is 0 Å². The van der Waals surface area contributed by atoms with Crippen molar-refractivity contribution in [3.63, 3.8) is 0 Å². The van der Waals surface area contributed by atoms with Crippen LogP contribution in [-0.2, 0) is 58.6 Å². The first-order valence-corrected chi connectivity index (χ1v) is 5.59. The third-order valence-electron chi connectivity index (χ3n) is 4.09. The Labute approximate surface area is 150 Å². The maximum Gasteiger partial charge on any atom is 0.282 e. The van der Waals surface area contributed by atoms with Crippen molar-refractivity contribution >= 4 is 11.7 Å². The van der Waals surface area contributed by atoms with Gasteiger partial charge in [-0.05, 0) is 23.8 Å². The maximum atomic E-state index is 12.3. The van der Waals surface area contributed by atoms with Crippen molar-refractivity contribution in [2.75, 3.05) is 0 Å². The van der Waals surface area contributed by atoms with Crippen LogP contribution in [0.5, 0.6) is 5.95 Å². The summed E-state index contributed by atoms with van der Waals surface area (Å²) in [5.41, 5.74) is -0.242. The smallest absolute Gasteiger partial charge is 0.282 e. The van der Waals surface area contributed by atoms with Crippen molar-refractivity contribution < 1.29 is 72.9 Å². The molecule has 2 heterocycles. The van der Waals surface area contributed by atoms with Crippen molar-refractivity contribution in [2.45, 2.75) is 31.7 Å². The Bertz CT molecular complexity index is 534. The first kappa shape index (κ1) is 17.1. The molecular formula is C12H12NO4WY-. The molecular weight excluding hydrogens is 495 g/mol. The average molecular weight is 507 g/mol. The van der Waals surface area contributed by atoms with Gasteiger partial charge in [0.1, 0.15) is 0 Å². The number of hydrogen-bond acceptors (Lipinski definition) is 4. The summed E-state index contributed by atoms with van der Waals surface area (Å²) in [5, 5.41) is 13.2. The van der Waals surface area contributed by atoms with E-state index in [1.165, 1.54) is 6.07 Å². The Kier molecular flexibility index (Phi) is 4.87. The van der Waals surface area contributed by atoms with Crippen molar-refractivity contribution in [3.8, 4) is 5.95 Å². The standard InChI is InChI=1S/C12H13NO4.W.Y/c1-5-6(2)12(4-8(14)13-12)11(16)10-7(5)3-9(15)17-10;;/h3,5-6H,4H2,1-2H3,(H2,13,14,15,16);;/p-1/t5-,6+,12?;;/m0../s1. The molecule has 5 nitrogen and oxygen atoms in total. The Hall–Kier alpha value is 0.0122. The largest absolute Gasteiger partial charge is 0.641 e. The molecule has 1 aliphatic heterocycles. The number of fused-ring (bicyclic) bond motifs is 1. The van der Waals surface area contributed by atoms with Crippen LogP contribution in [0, 0.1) is 5.92 Å². The van der Waals surface area contributed by atoms with Gasteiger partial charge in [0.05, 0.1) is 5.91 Å². The molecule has 1 aliphatic carbocycles. The topological polar surface area (TPSA) is 81.6 Å². The number of carbonyl (C=O) groups is 2. The average Bonchev–Trinajstić information content (AvgIpc) is 2.62. The summed E-state index contributed by atoms with van der Waals surface area (Å²) in [7, 11) is 0. The summed E-state index contributed by atoms with van der Waals surface area (Å²) in [6, 6.07) is 1.47. The second-order valence-electron chi connectivity index (χ2n) is 4.88. The molecule has 0 aromatic carbocycles. The molecule has 1 N–H and O–H groups in total. The van der Waals surface area contributed by atoms with Crippen LogP contribution in [-0.4, -0.2) is 22.3 Å². The molecule has 2 aliphatic rings. The number of amides is 1. The summed E-state index contributed by atoms with van der Waals surface area (Å²) in [5.74, 6) is -0.648. The summed E-state index contributed by atoms with van der Waals surface area (Å²) >= 11 is 0. The Morgan fingerprint density at radius 2 is 2.00 bits per heavy atom. The van der Waals surface area contributed by atoms with Crippen LogP contribution in [0.4, 0.5) is 0 Å². The number of furan rings is 1. The summed E-state index contributed by atoms with van der Waals surface area (Å²) in [6.45, 7) is 3.86. The molecule has 0 bridgehead atoms. The van der Waals surface area contributed by atoms with Crippen LogP contribution in [0.1, 0.15) is 42.3 Å². The predicted molar refractivity (Wildman–Crippen MR) is 58.0 cm³/mol. The van der Waals surface area contributed by atoms with Gasteiger partial charge in [0.15, 0.2) is 11.5 Å². The SMILES string of the molecule is C[C@@H]1c2cc(O)oc2C(=O)C2(CC(=O)[N-]2)[C@@H]1C.[W].[Y]. The van der Waals surface area contributed by atoms with E-state index in [2.05, 4.69) is 5.32 Å². The van der Waals surface area contributed by atoms with E-state index in [0.717, 1.165) is 0 Å². The van der Waals surface area contributed by atoms with E-state index in [1.807, 2.05) is 13.8 Å². The quantitative estimate of drug-likeness (QED) is 0.545. The number of hydrogen-bond donors (Lipinski definition) is 1. The van der Waals surface area contributed by atoms with Gasteiger partial charge in [0.2, 0.25) is 0 Å². The summed E-state index contributed by atoms with van der Waals surface area (Å²) in [4.78, 5) is 23.4. The summed E-state index contributed by atoms with van der Waals surface area (Å²) in [6.07, 6.45) is 0.151. The van der Waals surface area contributed by atoms with Crippen LogP contribution in [0.2, 0.25) is 0 Å². The van der Waals surface area contributed by atoms with Crippen molar-refractivity contribution in [1.82, 2.24) is 0 Å². The molecule has 19 heavy (non-hydrogen) atoms. The zero-order valence-electron chi connectivity index (χ0n) is 10.5. The Morgan fingerprint density at radius 3 is 2.53 bits per heavy atom. The molecule has 1 amide bonds. The van der Waals surface area contributed by atoms with Crippen LogP contribution < -0.4 is 0 Å². The Balaban J connectivity index is 0.000000902. The van der Waals surface area contributed by atoms with Crippen LogP contribution in [0.3, 0.4) is 0 Å². The summed E-state index contributed by atoms with van der Waals surface area (Å²) < 4.78 is 5.04. The molecule has 1 aromatic heterocycles. The molecule has 0 saturated carbocycles. The van der Waals surface area contributed by atoms with E-state index in [1.54, 1.807) is 0 Å². The first-order chi connectivity index (χ1) is 7.95. The molecule has 1 spiro atoms. The van der Waals surface area contributed by atoms with E-state index in [4.69, 9.17) is 4.42 Å². The fraction of sp³-hybridized carbons (Fsp3) is 0.500. The van der Waals surface area contributed by atoms with Gasteiger partial charge in [-0.1, -0.05) is 13.8 Å². The minimum Gasteiger partial charge on any atom is -0.641 e. The zero-order valence-corrected chi connectivity index (χ0v) is 16.3. The molecule has 1 saturated heterocycles. The Morgan fingerprint density at radius 1 is 1.42 bits per heavy atom. The van der Waals surface area contributed by atoms with Crippen molar-refractivity contribution in [3.05, 3.63) is 22.7 Å². The van der Waals surface area contributed by atoms with Crippen LogP contribution in [0.25, 0.3) is 5.32 Å². The fourth-order valence-electron chi connectivity index (χ4n) is 2.83. The van der Waals surface area contributed by atoms with Gasteiger partial charge in [-0.3, -0.25) is 4.79 Å². The fourth-order valence-corrected chi connectivity index (χ4v) is 2.83. The second-order valence-corrected chi connectivity index (χ2v) is 4.88. The van der Waals surface area contributed by atoms with Gasteiger partial charge in [-0.25, -0.2) is 0 Å². The van der Waals surface area contributed by atoms with E-state index in [-0.39, 0.29) is 95.4 Å². The first-order valence-electron chi connectivity index (χ1n) is 5.59. The number of β-lactam (4-membered cyclic amide) rings is 1. The molecule has 99 valence electrons. The molecule has 7 heteroatoms. The van der Waals surface area contributed by atoms with Crippen LogP contribution >= 0.6 is 0 Å². The maximum absolute atomic E-state index is 12.3. The monoisotopic (exact) mass is 507 g/mol. The molecule has 3 rings (SSSR count). The molecule has 1 unspecified atom stereocenters. The third kappa shape index (κ3) is 2.18. The molecule has 1 aromatic rings. The van der Waals surface area contributed by atoms with E-state index in [9.17, 15) is 14.7 Å². The normalized spacial score (nSPS) is 31.7. The minimum absolute atomic E-state index is 0. The van der Waals surface area contributed by atoms with Gasteiger partial charge in [0, 0.05) is 65.4 Å². The van der Waals surface area contributed by atoms with E-state index >= 15 is 0 Å². The number of rotatable bonds is 0. The van der Waals surface area contributed by atoms with Gasteiger partial charge in [0.25, 0.3) is 5.95 Å². The molecule has 1 fully saturated rings. The zero-order chi connectivity index (χ0) is 12.4. The van der Waals surface area contributed by atoms with Crippen molar-refractivity contribution in [2.24, 2.45) is 5.92 Å². The molecule has 3 atom stereocenters. The predicted octanol–water partition coefficient (Wildman–Crippen LogP) is 1.96. The van der Waals surface area contributed by atoms with Gasteiger partial charge >= 0.3 is 0 Å². The van der Waals surface area contributed by atoms with Gasteiger partial charge in [-0.15, -0.1) is 0 Å². The number of Topliss-reactive ketones (excluding diaryl/α,β-unsaturated/α-hetero) is 1. The number of ketones is 1. The molecule has 1 radical (unpaired) electrons. The number of aromatic hydroxyl groups is 1. The van der Waals surface area contributed by atoms with Gasteiger partial charge in [-0.2, -0.15) is 0 Å².